The maximum Gasteiger partial charge on any atom is 0.390 e. The number of phenols is 1. The summed E-state index contributed by atoms with van der Waals surface area (Å²) < 4.78 is 37.4. The van der Waals surface area contributed by atoms with Crippen molar-refractivity contribution in [2.45, 2.75) is 49.7 Å². The normalized spacial score (nSPS) is 30.4. The summed E-state index contributed by atoms with van der Waals surface area (Å²) in [5.41, 5.74) is 0.850. The molecule has 218 valence electrons. The summed E-state index contributed by atoms with van der Waals surface area (Å²) in [4.78, 5) is 40.4. The number of nitrogens with two attached hydrogens (primary N) is 1. The van der Waals surface area contributed by atoms with Gasteiger partial charge in [-0.05, 0) is 25.6 Å². The highest BCUT2D eigenvalue weighted by Gasteiger charge is 2.68. The number of Topliss-reactive ketones (excluding diaryl/α,β-unsaturated/α-hetero) is 2. The summed E-state index contributed by atoms with van der Waals surface area (Å²) in [6.07, 6.45) is -7.22. The molecule has 8 N–H and O–H groups in total. The zero-order valence-electron chi connectivity index (χ0n) is 21.8. The number of amides is 1. The molecule has 0 spiro atoms. The number of fused-ring (bicyclic) bond motifs is 3. The van der Waals surface area contributed by atoms with E-state index in [-0.39, 0.29) is 17.7 Å². The number of ketones is 2. The molecule has 0 bridgehead atoms. The molecule has 0 radical (unpaired) electrons. The van der Waals surface area contributed by atoms with Crippen molar-refractivity contribution in [1.29, 1.82) is 0 Å². The average Bonchev–Trinajstić information content (AvgIpc) is 2.84. The fourth-order valence-corrected chi connectivity index (χ4v) is 6.26. The second kappa shape index (κ2) is 9.87. The van der Waals surface area contributed by atoms with Crippen molar-refractivity contribution in [2.24, 2.45) is 17.6 Å². The molecule has 0 aromatic heterocycles. The minimum Gasteiger partial charge on any atom is -0.508 e. The molecule has 3 aliphatic carbocycles. The third kappa shape index (κ3) is 4.26. The van der Waals surface area contributed by atoms with Gasteiger partial charge in [-0.15, -0.1) is 0 Å². The number of aliphatic hydroxyl groups is 4. The minimum atomic E-state index is -4.39. The molecule has 14 heteroatoms. The average molecular weight is 570 g/mol. The van der Waals surface area contributed by atoms with Crippen molar-refractivity contribution in [2.75, 3.05) is 20.6 Å². The number of aliphatic hydroxyl groups excluding tert-OH is 3. The molecular formula is C26H30F3N3O8. The fraction of sp³-hybridized carbons (Fsp3) is 0.500. The van der Waals surface area contributed by atoms with Crippen LogP contribution in [-0.2, 0) is 20.9 Å². The van der Waals surface area contributed by atoms with Gasteiger partial charge in [0.2, 0.25) is 5.78 Å². The van der Waals surface area contributed by atoms with Crippen LogP contribution in [0.1, 0.15) is 36.0 Å². The summed E-state index contributed by atoms with van der Waals surface area (Å²) in [7, 11) is 2.82. The van der Waals surface area contributed by atoms with Crippen molar-refractivity contribution >= 4 is 23.2 Å². The quantitative estimate of drug-likeness (QED) is 0.188. The molecule has 11 nitrogen and oxygen atoms in total. The van der Waals surface area contributed by atoms with Crippen LogP contribution in [0.25, 0.3) is 5.76 Å². The number of hydrogen-bond acceptors (Lipinski definition) is 10. The second-order valence-corrected chi connectivity index (χ2v) is 10.6. The van der Waals surface area contributed by atoms with Gasteiger partial charge in [0, 0.05) is 30.1 Å². The Balaban J connectivity index is 1.86. The zero-order chi connectivity index (χ0) is 30.1. The molecule has 0 heterocycles. The van der Waals surface area contributed by atoms with Crippen molar-refractivity contribution in [3.05, 3.63) is 45.7 Å². The number of halogens is 3. The Kier molecular flexibility index (Phi) is 7.28. The molecule has 3 aliphatic rings. The molecule has 0 aliphatic heterocycles. The minimum absolute atomic E-state index is 0.105. The number of primary amides is 1. The lowest BCUT2D eigenvalue weighted by atomic mass is 9.54. The number of carbonyl (C=O) groups is 3. The highest BCUT2D eigenvalue weighted by molar-refractivity contribution is 6.24. The lowest BCUT2D eigenvalue weighted by molar-refractivity contribution is -0.169. The number of nitrogens with zero attached hydrogens (tertiary/aromatic N) is 1. The number of rotatable bonds is 6. The maximum absolute atomic E-state index is 13.9. The molecule has 0 saturated heterocycles. The van der Waals surface area contributed by atoms with Crippen LogP contribution in [0, 0.1) is 11.8 Å². The van der Waals surface area contributed by atoms with Crippen LogP contribution in [0.4, 0.5) is 13.2 Å². The van der Waals surface area contributed by atoms with E-state index < -0.39 is 101 Å². The molecule has 40 heavy (non-hydrogen) atoms. The largest absolute Gasteiger partial charge is 0.508 e. The lowest BCUT2D eigenvalue weighted by Gasteiger charge is -2.53. The Labute approximate surface area is 226 Å². The predicted octanol–water partition coefficient (Wildman–Crippen LogP) is 0.538. The summed E-state index contributed by atoms with van der Waals surface area (Å²) in [5, 5.41) is 58.9. The van der Waals surface area contributed by atoms with Gasteiger partial charge in [0.15, 0.2) is 11.4 Å². The van der Waals surface area contributed by atoms with Gasteiger partial charge in [0.1, 0.15) is 22.8 Å². The smallest absolute Gasteiger partial charge is 0.390 e. The molecule has 1 saturated carbocycles. The number of benzene rings is 1. The summed E-state index contributed by atoms with van der Waals surface area (Å²) >= 11 is 0. The van der Waals surface area contributed by atoms with E-state index in [9.17, 15) is 53.1 Å². The third-order valence-electron chi connectivity index (χ3n) is 8.11. The van der Waals surface area contributed by atoms with Gasteiger partial charge in [-0.25, -0.2) is 0 Å². The van der Waals surface area contributed by atoms with Gasteiger partial charge in [0.25, 0.3) is 5.91 Å². The number of alkyl halides is 3. The summed E-state index contributed by atoms with van der Waals surface area (Å²) in [6, 6.07) is 1.46. The van der Waals surface area contributed by atoms with Crippen LogP contribution in [-0.4, -0.2) is 92.5 Å². The van der Waals surface area contributed by atoms with Crippen LogP contribution in [0.3, 0.4) is 0 Å². The van der Waals surface area contributed by atoms with Crippen LogP contribution >= 0.6 is 0 Å². The van der Waals surface area contributed by atoms with Crippen LogP contribution in [0.15, 0.2) is 29.0 Å². The Morgan fingerprint density at radius 2 is 1.80 bits per heavy atom. The van der Waals surface area contributed by atoms with E-state index >= 15 is 0 Å². The Bertz CT molecular complexity index is 1360. The van der Waals surface area contributed by atoms with Crippen molar-refractivity contribution in [3.8, 4) is 5.75 Å². The summed E-state index contributed by atoms with van der Waals surface area (Å²) in [6.45, 7) is 0.928. The van der Waals surface area contributed by atoms with Crippen molar-refractivity contribution in [1.82, 2.24) is 10.2 Å². The van der Waals surface area contributed by atoms with E-state index in [0.717, 1.165) is 0 Å². The Morgan fingerprint density at radius 1 is 1.18 bits per heavy atom. The first-order valence-corrected chi connectivity index (χ1v) is 12.4. The van der Waals surface area contributed by atoms with Gasteiger partial charge >= 0.3 is 6.18 Å². The third-order valence-corrected chi connectivity index (χ3v) is 8.11. The van der Waals surface area contributed by atoms with Gasteiger partial charge in [0.05, 0.1) is 30.0 Å². The number of phenolic OH excluding ortho intramolecular Hbond substituents is 1. The molecular weight excluding hydrogens is 539 g/mol. The molecule has 1 aromatic rings. The van der Waals surface area contributed by atoms with E-state index in [0.29, 0.717) is 5.56 Å². The van der Waals surface area contributed by atoms with E-state index in [1.807, 2.05) is 0 Å². The highest BCUT2D eigenvalue weighted by Crippen LogP contribution is 2.56. The van der Waals surface area contributed by atoms with Gasteiger partial charge in [-0.1, -0.05) is 19.1 Å². The number of carbonyl (C=O) groups excluding carboxylic acids is 3. The lowest BCUT2D eigenvalue weighted by Crippen LogP contribution is -2.70. The van der Waals surface area contributed by atoms with Gasteiger partial charge in [-0.3, -0.25) is 19.3 Å². The monoisotopic (exact) mass is 569 g/mol. The standard InChI is InChI=1S/C26H30F3N3O8/c1-9-11-5-4-10(8-31-7-6-25(27,28)29)18(33)13(11)19(34)14-12(9)20(35)16-17(32(2)3)21(36)15(24(30)39)23(38)26(16,40)22(14)37/h4-5,9,12,16-17,20,31,33-35,38,40H,6-8H2,1-3H3,(H2,30,39)/t9-,12+,16+,17-,20?,26-/m0/s1. The van der Waals surface area contributed by atoms with Gasteiger partial charge in [-0.2, -0.15) is 13.2 Å². The number of nitrogens with one attached hydrogen (secondary N) is 1. The molecule has 1 fully saturated rings. The first-order valence-electron chi connectivity index (χ1n) is 12.4. The van der Waals surface area contributed by atoms with Crippen LogP contribution in [0.5, 0.6) is 5.75 Å². The zero-order valence-corrected chi connectivity index (χ0v) is 21.8. The second-order valence-electron chi connectivity index (χ2n) is 10.6. The maximum atomic E-state index is 13.9. The van der Waals surface area contributed by atoms with Crippen molar-refractivity contribution < 1.29 is 53.1 Å². The first kappa shape index (κ1) is 29.5. The summed E-state index contributed by atoms with van der Waals surface area (Å²) in [5.74, 6) is -10.1. The Hall–Kier alpha value is -3.46. The molecule has 1 amide bonds. The highest BCUT2D eigenvalue weighted by atomic mass is 19.4. The van der Waals surface area contributed by atoms with Gasteiger partial charge < -0.3 is 36.6 Å². The Morgan fingerprint density at radius 3 is 2.35 bits per heavy atom. The van der Waals surface area contributed by atoms with E-state index in [1.54, 1.807) is 6.92 Å². The SMILES string of the molecule is C[C@H]1c2ccc(CNCCC(F)(F)F)c(O)c2C(O)=C2C(=O)[C@]3(O)C(O)=C(C(N)=O)C(=O)[C@@H](N(C)C)[C@@H]3C(O)[C@@H]21. The van der Waals surface area contributed by atoms with Crippen molar-refractivity contribution in [3.63, 3.8) is 0 Å². The van der Waals surface area contributed by atoms with E-state index in [4.69, 9.17) is 5.73 Å². The first-order chi connectivity index (χ1) is 18.5. The van der Waals surface area contributed by atoms with E-state index in [2.05, 4.69) is 5.32 Å². The van der Waals surface area contributed by atoms with Crippen LogP contribution < -0.4 is 11.1 Å². The molecule has 1 aromatic carbocycles. The molecule has 4 rings (SSSR count). The number of hydrogen-bond donors (Lipinski definition) is 7. The van der Waals surface area contributed by atoms with E-state index in [1.165, 1.54) is 31.1 Å². The topological polar surface area (TPSA) is 194 Å². The fourth-order valence-electron chi connectivity index (χ4n) is 6.26. The molecule has 1 unspecified atom stereocenters. The molecule has 6 atom stereocenters. The van der Waals surface area contributed by atoms with Crippen LogP contribution in [0.2, 0.25) is 0 Å². The number of aromatic hydroxyl groups is 1. The predicted molar refractivity (Wildman–Crippen MR) is 133 cm³/mol. The number of likely N-dealkylation sites (N-methyl/N-ethyl adjacent to an activating group) is 1.